The summed E-state index contributed by atoms with van der Waals surface area (Å²) in [6.45, 7) is 19.3. The van der Waals surface area contributed by atoms with Crippen molar-refractivity contribution in [2.75, 3.05) is 0 Å². The van der Waals surface area contributed by atoms with Crippen LogP contribution in [0.3, 0.4) is 0 Å². The summed E-state index contributed by atoms with van der Waals surface area (Å²) in [4.78, 5) is 0. The average Bonchev–Trinajstić information content (AvgIpc) is 2.89. The molecule has 0 amide bonds. The molecule has 2 aliphatic rings. The molecule has 0 atom stereocenters. The molecule has 2 saturated carbocycles. The first kappa shape index (κ1) is 28.9. The van der Waals surface area contributed by atoms with Crippen LogP contribution in [0.15, 0.2) is 30.3 Å². The highest BCUT2D eigenvalue weighted by atomic mass is 31.1. The summed E-state index contributed by atoms with van der Waals surface area (Å²) >= 11 is 0. The molecule has 4 rings (SSSR count). The third kappa shape index (κ3) is 6.38. The molecule has 0 aliphatic heterocycles. The van der Waals surface area contributed by atoms with Gasteiger partial charge in [-0.05, 0) is 99.4 Å². The van der Waals surface area contributed by atoms with Crippen molar-refractivity contribution in [3.63, 3.8) is 0 Å². The number of hydrogen-bond donors (Lipinski definition) is 0. The van der Waals surface area contributed by atoms with Gasteiger partial charge < -0.3 is 0 Å². The van der Waals surface area contributed by atoms with Crippen LogP contribution in [0.2, 0.25) is 0 Å². The summed E-state index contributed by atoms with van der Waals surface area (Å²) in [5.74, 6) is 2.19. The van der Waals surface area contributed by atoms with Crippen molar-refractivity contribution >= 4 is 13.2 Å². The van der Waals surface area contributed by atoms with Gasteiger partial charge in [0.05, 0.1) is 0 Å². The second-order valence-corrected chi connectivity index (χ2v) is 16.1. The number of rotatable bonds is 8. The number of hydrogen-bond acceptors (Lipinski definition) is 0. The Kier molecular flexibility index (Phi) is 10.00. The fourth-order valence-corrected chi connectivity index (χ4v) is 11.4. The van der Waals surface area contributed by atoms with E-state index in [1.807, 2.05) is 5.30 Å². The molecule has 2 aliphatic carbocycles. The molecule has 0 heterocycles. The van der Waals surface area contributed by atoms with Gasteiger partial charge in [-0.3, -0.25) is 0 Å². The molecule has 1 heteroatoms. The van der Waals surface area contributed by atoms with Crippen LogP contribution < -0.4 is 5.30 Å². The van der Waals surface area contributed by atoms with Gasteiger partial charge in [-0.1, -0.05) is 132 Å². The van der Waals surface area contributed by atoms with E-state index in [2.05, 4.69) is 85.7 Å². The molecule has 0 radical (unpaired) electrons. The van der Waals surface area contributed by atoms with E-state index in [9.17, 15) is 0 Å². The molecule has 2 aromatic carbocycles. The Balaban J connectivity index is 2.03. The first-order valence-corrected chi connectivity index (χ1v) is 17.3. The van der Waals surface area contributed by atoms with E-state index < -0.39 is 0 Å². The highest BCUT2D eigenvalue weighted by Crippen LogP contribution is 2.58. The summed E-state index contributed by atoms with van der Waals surface area (Å²) in [5, 5.41) is 1.83. The van der Waals surface area contributed by atoms with Crippen LogP contribution in [-0.4, -0.2) is 11.3 Å². The molecule has 204 valence electrons. The molecule has 0 aromatic heterocycles. The van der Waals surface area contributed by atoms with E-state index in [-0.39, 0.29) is 7.92 Å². The first-order chi connectivity index (χ1) is 17.7. The molecule has 0 bridgehead atoms. The van der Waals surface area contributed by atoms with Gasteiger partial charge >= 0.3 is 0 Å². The Morgan fingerprint density at radius 2 is 1.03 bits per heavy atom. The predicted octanol–water partition coefficient (Wildman–Crippen LogP) is 11.6. The maximum Gasteiger partial charge on any atom is -0.00982 e. The second-order valence-electron chi connectivity index (χ2n) is 13.4. The zero-order valence-corrected chi connectivity index (χ0v) is 26.3. The largest absolute Gasteiger partial charge is 0.0680 e. The van der Waals surface area contributed by atoms with Crippen LogP contribution in [0.25, 0.3) is 11.1 Å². The summed E-state index contributed by atoms with van der Waals surface area (Å²) < 4.78 is 0. The lowest BCUT2D eigenvalue weighted by Gasteiger charge is -2.41. The van der Waals surface area contributed by atoms with Gasteiger partial charge in [0.2, 0.25) is 0 Å². The van der Waals surface area contributed by atoms with Crippen LogP contribution in [0.5, 0.6) is 0 Å². The van der Waals surface area contributed by atoms with E-state index in [1.54, 1.807) is 27.8 Å². The van der Waals surface area contributed by atoms with Crippen LogP contribution >= 0.6 is 7.92 Å². The van der Waals surface area contributed by atoms with Crippen molar-refractivity contribution in [2.45, 2.75) is 155 Å². The van der Waals surface area contributed by atoms with Gasteiger partial charge in [0.25, 0.3) is 0 Å². The van der Waals surface area contributed by atoms with Crippen molar-refractivity contribution in [1.82, 2.24) is 0 Å². The van der Waals surface area contributed by atoms with Crippen molar-refractivity contribution in [3.8, 4) is 11.1 Å². The molecule has 0 saturated heterocycles. The third-order valence-electron chi connectivity index (χ3n) is 9.29. The summed E-state index contributed by atoms with van der Waals surface area (Å²) in [7, 11) is -0.173. The Morgan fingerprint density at radius 1 is 0.568 bits per heavy atom. The highest BCUT2D eigenvalue weighted by Gasteiger charge is 2.36. The van der Waals surface area contributed by atoms with Crippen molar-refractivity contribution < 1.29 is 0 Å². The molecule has 0 nitrogen and oxygen atoms in total. The predicted molar refractivity (Wildman–Crippen MR) is 169 cm³/mol. The smallest absolute Gasteiger partial charge is 0.00982 e. The Labute approximate surface area is 231 Å². The Morgan fingerprint density at radius 3 is 1.43 bits per heavy atom. The minimum absolute atomic E-state index is 0.173. The standard InChI is InChI=1S/C36H55P/c1-24(2)28-22-33(26(5)6)35(34(23-28)27(7)8)32-21-15-20-31(25(3)4)36(32)37(29-16-11-9-12-17-29)30-18-13-10-14-19-30/h15,20-27,29-30H,9-14,16-19H2,1-8H3. The quantitative estimate of drug-likeness (QED) is 0.305. The zero-order chi connectivity index (χ0) is 26.7. The van der Waals surface area contributed by atoms with Gasteiger partial charge in [-0.15, -0.1) is 0 Å². The van der Waals surface area contributed by atoms with Crippen LogP contribution in [-0.2, 0) is 0 Å². The van der Waals surface area contributed by atoms with Crippen LogP contribution in [0.1, 0.15) is 166 Å². The van der Waals surface area contributed by atoms with Crippen molar-refractivity contribution in [1.29, 1.82) is 0 Å². The molecular weight excluding hydrogens is 463 g/mol. The maximum atomic E-state index is 2.58. The van der Waals surface area contributed by atoms with E-state index >= 15 is 0 Å². The minimum atomic E-state index is -0.173. The lowest BCUT2D eigenvalue weighted by molar-refractivity contribution is 0.487. The fraction of sp³-hybridized carbons (Fsp3) is 0.667. The average molecular weight is 519 g/mol. The maximum absolute atomic E-state index is 2.58. The van der Waals surface area contributed by atoms with Crippen molar-refractivity contribution in [3.05, 3.63) is 52.6 Å². The van der Waals surface area contributed by atoms with E-state index in [4.69, 9.17) is 0 Å². The summed E-state index contributed by atoms with van der Waals surface area (Å²) in [6, 6.07) is 12.6. The topological polar surface area (TPSA) is 0 Å². The summed E-state index contributed by atoms with van der Waals surface area (Å²) in [6.07, 6.45) is 14.6. The van der Waals surface area contributed by atoms with E-state index in [0.29, 0.717) is 23.7 Å². The highest BCUT2D eigenvalue weighted by molar-refractivity contribution is 7.67. The zero-order valence-electron chi connectivity index (χ0n) is 25.4. The van der Waals surface area contributed by atoms with E-state index in [1.165, 1.54) is 69.8 Å². The van der Waals surface area contributed by atoms with Gasteiger partial charge in [-0.2, -0.15) is 0 Å². The van der Waals surface area contributed by atoms with Gasteiger partial charge in [0, 0.05) is 0 Å². The lowest BCUT2D eigenvalue weighted by atomic mass is 9.81. The molecular formula is C36H55P. The molecule has 0 unspecified atom stereocenters. The normalized spacial score (nSPS) is 18.2. The molecule has 2 aromatic rings. The molecule has 0 N–H and O–H groups in total. The first-order valence-electron chi connectivity index (χ1n) is 15.8. The Bertz CT molecular complexity index is 968. The summed E-state index contributed by atoms with van der Waals surface area (Å²) in [5.41, 5.74) is 11.4. The van der Waals surface area contributed by atoms with Gasteiger partial charge in [-0.25, -0.2) is 0 Å². The third-order valence-corrected chi connectivity index (χ3v) is 12.9. The van der Waals surface area contributed by atoms with Gasteiger partial charge in [0.15, 0.2) is 0 Å². The second kappa shape index (κ2) is 12.8. The number of benzene rings is 2. The molecule has 37 heavy (non-hydrogen) atoms. The SMILES string of the molecule is CC(C)c1cc(C(C)C)c(-c2cccc(C(C)C)c2P(C2CCCCC2)C2CCCCC2)c(C(C)C)c1. The van der Waals surface area contributed by atoms with Crippen LogP contribution in [0, 0.1) is 0 Å². The minimum Gasteiger partial charge on any atom is -0.0680 e. The lowest BCUT2D eigenvalue weighted by Crippen LogP contribution is -2.29. The van der Waals surface area contributed by atoms with Crippen LogP contribution in [0.4, 0.5) is 0 Å². The van der Waals surface area contributed by atoms with Crippen molar-refractivity contribution in [2.24, 2.45) is 0 Å². The monoisotopic (exact) mass is 518 g/mol. The Hall–Kier alpha value is -1.13. The molecule has 2 fully saturated rings. The van der Waals surface area contributed by atoms with E-state index in [0.717, 1.165) is 11.3 Å². The van der Waals surface area contributed by atoms with Gasteiger partial charge in [0.1, 0.15) is 0 Å². The molecule has 0 spiro atoms. The fourth-order valence-electron chi connectivity index (χ4n) is 7.17.